The highest BCUT2D eigenvalue weighted by Crippen LogP contribution is 2.30. The van der Waals surface area contributed by atoms with Crippen LogP contribution in [0.4, 0.5) is 5.82 Å². The average molecular weight is 536 g/mol. The first-order valence-electron chi connectivity index (χ1n) is 14.3. The second-order valence-corrected chi connectivity index (χ2v) is 11.0. The number of carbonyl (C=O) groups is 1. The normalized spacial score (nSPS) is 18.3. The lowest BCUT2D eigenvalue weighted by Crippen LogP contribution is -2.53. The van der Waals surface area contributed by atoms with Crippen LogP contribution in [0.1, 0.15) is 41.4 Å². The lowest BCUT2D eigenvalue weighted by molar-refractivity contribution is -0.137. The van der Waals surface area contributed by atoms with Gasteiger partial charge >= 0.3 is 0 Å². The van der Waals surface area contributed by atoms with Gasteiger partial charge in [0.1, 0.15) is 0 Å². The van der Waals surface area contributed by atoms with Gasteiger partial charge in [-0.1, -0.05) is 60.7 Å². The third kappa shape index (κ3) is 5.49. The van der Waals surface area contributed by atoms with Crippen molar-refractivity contribution in [3.8, 4) is 5.82 Å². The fourth-order valence-corrected chi connectivity index (χ4v) is 6.19. The predicted octanol–water partition coefficient (Wildman–Crippen LogP) is 4.43. The molecule has 0 aliphatic carbocycles. The zero-order valence-corrected chi connectivity index (χ0v) is 23.4. The van der Waals surface area contributed by atoms with Crippen LogP contribution in [0.5, 0.6) is 0 Å². The molecule has 1 amide bonds. The molecule has 0 bridgehead atoms. The van der Waals surface area contributed by atoms with E-state index in [0.717, 1.165) is 62.8 Å². The molecule has 2 fully saturated rings. The van der Waals surface area contributed by atoms with E-state index in [4.69, 9.17) is 0 Å². The van der Waals surface area contributed by atoms with Gasteiger partial charge in [0.25, 0.3) is 0 Å². The Balaban J connectivity index is 1.09. The average Bonchev–Trinajstić information content (AvgIpc) is 3.36. The van der Waals surface area contributed by atoms with Gasteiger partial charge in [0.05, 0.1) is 17.7 Å². The molecule has 1 unspecified atom stereocenters. The van der Waals surface area contributed by atoms with E-state index in [-0.39, 0.29) is 17.9 Å². The van der Waals surface area contributed by atoms with Crippen LogP contribution >= 0.6 is 0 Å². The highest BCUT2D eigenvalue weighted by atomic mass is 16.2. The molecule has 2 aromatic heterocycles. The van der Waals surface area contributed by atoms with Gasteiger partial charge < -0.3 is 9.80 Å². The number of aromatic nitrogens is 4. The zero-order chi connectivity index (χ0) is 27.5. The number of nitrogens with zero attached hydrogens (tertiary/aromatic N) is 7. The molecule has 206 valence electrons. The second-order valence-electron chi connectivity index (χ2n) is 11.0. The highest BCUT2D eigenvalue weighted by Gasteiger charge is 2.33. The van der Waals surface area contributed by atoms with Crippen LogP contribution in [0.2, 0.25) is 0 Å². The summed E-state index contributed by atoms with van der Waals surface area (Å²) in [4.78, 5) is 20.5. The molecule has 2 saturated heterocycles. The number of aryl methyl sites for hydroxylation is 2. The molecule has 8 heteroatoms. The van der Waals surface area contributed by atoms with Crippen molar-refractivity contribution in [3.63, 3.8) is 0 Å². The molecule has 0 spiro atoms. The zero-order valence-electron chi connectivity index (χ0n) is 23.4. The smallest absolute Gasteiger partial charge is 0.227 e. The number of benzene rings is 2. The van der Waals surface area contributed by atoms with Crippen molar-refractivity contribution in [1.82, 2.24) is 29.8 Å². The summed E-state index contributed by atoms with van der Waals surface area (Å²) in [6, 6.07) is 27.6. The van der Waals surface area contributed by atoms with Gasteiger partial charge in [-0.3, -0.25) is 9.69 Å². The van der Waals surface area contributed by atoms with Crippen LogP contribution < -0.4 is 4.90 Å². The number of piperazine rings is 1. The summed E-state index contributed by atoms with van der Waals surface area (Å²) in [5.41, 5.74) is 4.57. The molecule has 4 aromatic rings. The summed E-state index contributed by atoms with van der Waals surface area (Å²) in [7, 11) is 0. The first kappa shape index (κ1) is 26.2. The van der Waals surface area contributed by atoms with Crippen molar-refractivity contribution in [1.29, 1.82) is 0 Å². The van der Waals surface area contributed by atoms with Gasteiger partial charge in [0.2, 0.25) is 5.91 Å². The lowest BCUT2D eigenvalue weighted by Gasteiger charge is -2.42. The molecule has 40 heavy (non-hydrogen) atoms. The maximum absolute atomic E-state index is 13.7. The minimum Gasteiger partial charge on any atom is -0.354 e. The van der Waals surface area contributed by atoms with Crippen molar-refractivity contribution in [2.75, 3.05) is 44.2 Å². The molecular formula is C32H37N7O. The molecule has 6 rings (SSSR count). The van der Waals surface area contributed by atoms with Crippen molar-refractivity contribution in [2.45, 2.75) is 32.7 Å². The molecule has 0 saturated carbocycles. The van der Waals surface area contributed by atoms with Crippen LogP contribution in [0.25, 0.3) is 5.82 Å². The third-order valence-electron chi connectivity index (χ3n) is 8.18. The maximum Gasteiger partial charge on any atom is 0.227 e. The molecule has 2 aliphatic rings. The van der Waals surface area contributed by atoms with Crippen LogP contribution in [0.15, 0.2) is 78.9 Å². The summed E-state index contributed by atoms with van der Waals surface area (Å²) in [5.74, 6) is 1.78. The van der Waals surface area contributed by atoms with Gasteiger partial charge in [-0.2, -0.15) is 5.10 Å². The minimum absolute atomic E-state index is 0.0168. The van der Waals surface area contributed by atoms with Crippen molar-refractivity contribution < 1.29 is 4.79 Å². The summed E-state index contributed by atoms with van der Waals surface area (Å²) in [6.45, 7) is 8.78. The van der Waals surface area contributed by atoms with Crippen LogP contribution in [0, 0.1) is 19.8 Å². The molecule has 1 atom stereocenters. The van der Waals surface area contributed by atoms with Crippen LogP contribution in [-0.2, 0) is 4.79 Å². The summed E-state index contributed by atoms with van der Waals surface area (Å²) in [6.07, 6.45) is 1.89. The summed E-state index contributed by atoms with van der Waals surface area (Å²) in [5, 5.41) is 13.5. The van der Waals surface area contributed by atoms with E-state index < -0.39 is 0 Å². The van der Waals surface area contributed by atoms with Crippen LogP contribution in [0.3, 0.4) is 0 Å². The van der Waals surface area contributed by atoms with E-state index in [1.54, 1.807) is 0 Å². The number of anilines is 1. The van der Waals surface area contributed by atoms with Crippen molar-refractivity contribution in [3.05, 3.63) is 101 Å². The van der Waals surface area contributed by atoms with Gasteiger partial charge in [0.15, 0.2) is 11.6 Å². The lowest BCUT2D eigenvalue weighted by atomic mass is 9.95. The molecule has 0 N–H and O–H groups in total. The highest BCUT2D eigenvalue weighted by molar-refractivity contribution is 5.80. The number of carbonyl (C=O) groups excluding carboxylic acids is 1. The maximum atomic E-state index is 13.7. The molecule has 8 nitrogen and oxygen atoms in total. The predicted molar refractivity (Wildman–Crippen MR) is 156 cm³/mol. The van der Waals surface area contributed by atoms with E-state index in [0.29, 0.717) is 12.4 Å². The van der Waals surface area contributed by atoms with E-state index in [9.17, 15) is 4.79 Å². The van der Waals surface area contributed by atoms with Gasteiger partial charge in [-0.15, -0.1) is 10.2 Å². The Bertz CT molecular complexity index is 1370. The van der Waals surface area contributed by atoms with E-state index >= 15 is 0 Å². The third-order valence-corrected chi connectivity index (χ3v) is 8.18. The standard InChI is InChI=1S/C32H37N7O/c1-24-22-25(2)39(35-24)30-16-15-29(33-34-30)38-17-9-14-28(23-38)32(40)37-20-18-36(19-21-37)31(26-10-5-3-6-11-26)27-12-7-4-8-13-27/h3-8,10-13,15-16,22,28,31H,9,14,17-21,23H2,1-2H3. The summed E-state index contributed by atoms with van der Waals surface area (Å²) < 4.78 is 1.81. The molecule has 4 heterocycles. The topological polar surface area (TPSA) is 70.4 Å². The Morgan fingerprint density at radius 1 is 0.800 bits per heavy atom. The number of hydrogen-bond donors (Lipinski definition) is 0. The monoisotopic (exact) mass is 535 g/mol. The Morgan fingerprint density at radius 3 is 2.00 bits per heavy atom. The summed E-state index contributed by atoms with van der Waals surface area (Å²) >= 11 is 0. The van der Waals surface area contributed by atoms with Gasteiger partial charge in [-0.25, -0.2) is 4.68 Å². The van der Waals surface area contributed by atoms with E-state index in [1.807, 2.05) is 36.7 Å². The fourth-order valence-electron chi connectivity index (χ4n) is 6.19. The van der Waals surface area contributed by atoms with Gasteiger partial charge in [-0.05, 0) is 56.0 Å². The number of piperidine rings is 1. The van der Waals surface area contributed by atoms with Crippen molar-refractivity contribution in [2.24, 2.45) is 5.92 Å². The quantitative estimate of drug-likeness (QED) is 0.364. The Labute approximate surface area is 236 Å². The van der Waals surface area contributed by atoms with Gasteiger partial charge in [0, 0.05) is 45.0 Å². The molecule has 2 aliphatic heterocycles. The Kier molecular flexibility index (Phi) is 7.60. The molecular weight excluding hydrogens is 498 g/mol. The van der Waals surface area contributed by atoms with Crippen molar-refractivity contribution >= 4 is 11.7 Å². The first-order chi connectivity index (χ1) is 19.6. The molecule has 0 radical (unpaired) electrons. The fraction of sp³-hybridized carbons (Fsp3) is 0.375. The SMILES string of the molecule is Cc1cc(C)n(-c2ccc(N3CCCC(C(=O)N4CCN(C(c5ccccc5)c5ccccc5)CC4)C3)nn2)n1. The number of hydrogen-bond acceptors (Lipinski definition) is 6. The van der Waals surface area contributed by atoms with E-state index in [1.165, 1.54) is 11.1 Å². The number of amides is 1. The molecule has 2 aromatic carbocycles. The van der Waals surface area contributed by atoms with E-state index in [2.05, 4.69) is 90.7 Å². The Hall–Kier alpha value is -4.04. The largest absolute Gasteiger partial charge is 0.354 e. The number of rotatable bonds is 6. The minimum atomic E-state index is -0.0168. The Morgan fingerprint density at radius 2 is 1.43 bits per heavy atom. The van der Waals surface area contributed by atoms with Crippen LogP contribution in [-0.4, -0.2) is 75.0 Å². The second kappa shape index (κ2) is 11.6. The first-order valence-corrected chi connectivity index (χ1v) is 14.3.